The van der Waals surface area contributed by atoms with Crippen LogP contribution in [-0.2, 0) is 0 Å². The lowest BCUT2D eigenvalue weighted by molar-refractivity contribution is 0.0949. The normalized spacial score (nSPS) is 10.4. The average molecular weight is 335 g/mol. The van der Waals surface area contributed by atoms with Crippen molar-refractivity contribution in [1.82, 2.24) is 5.32 Å². The average Bonchev–Trinajstić information content (AvgIpc) is 2.55. The summed E-state index contributed by atoms with van der Waals surface area (Å²) in [5.74, 6) is -1.08. The third-order valence-corrected chi connectivity index (χ3v) is 3.90. The van der Waals surface area contributed by atoms with Crippen LogP contribution < -0.4 is 10.2 Å². The molecule has 5 heteroatoms. The van der Waals surface area contributed by atoms with Crippen LogP contribution in [0.1, 0.15) is 23.7 Å². The van der Waals surface area contributed by atoms with E-state index in [4.69, 9.17) is 11.6 Å². The second-order valence-corrected chi connectivity index (χ2v) is 5.53. The molecule has 0 saturated heterocycles. The second-order valence-electron chi connectivity index (χ2n) is 5.12. The summed E-state index contributed by atoms with van der Waals surface area (Å²) in [5, 5.41) is 2.85. The van der Waals surface area contributed by atoms with Crippen molar-refractivity contribution in [2.75, 3.05) is 24.5 Å². The molecule has 0 fully saturated rings. The fraction of sp³-hybridized carbons (Fsp3) is 0.278. The van der Waals surface area contributed by atoms with Crippen LogP contribution in [0.3, 0.4) is 0 Å². The smallest absolute Gasteiger partial charge is 0.255 e. The molecule has 0 aliphatic heterocycles. The van der Waals surface area contributed by atoms with Crippen molar-refractivity contribution in [1.29, 1.82) is 0 Å². The first-order valence-electron chi connectivity index (χ1n) is 7.65. The molecule has 2 rings (SSSR count). The van der Waals surface area contributed by atoms with Gasteiger partial charge in [0, 0.05) is 25.3 Å². The molecule has 0 aromatic heterocycles. The first kappa shape index (κ1) is 17.3. The molecule has 0 heterocycles. The summed E-state index contributed by atoms with van der Waals surface area (Å²) in [7, 11) is 0. The summed E-state index contributed by atoms with van der Waals surface area (Å²) >= 11 is 5.88. The van der Waals surface area contributed by atoms with Gasteiger partial charge in [-0.1, -0.05) is 35.9 Å². The van der Waals surface area contributed by atoms with Gasteiger partial charge in [0.05, 0.1) is 10.6 Å². The molecule has 0 atom stereocenters. The number of hydrogen-bond acceptors (Lipinski definition) is 2. The lowest BCUT2D eigenvalue weighted by Crippen LogP contribution is -2.30. The van der Waals surface area contributed by atoms with Crippen molar-refractivity contribution < 1.29 is 9.18 Å². The highest BCUT2D eigenvalue weighted by molar-refractivity contribution is 6.33. The van der Waals surface area contributed by atoms with Gasteiger partial charge in [0.1, 0.15) is 5.82 Å². The predicted molar refractivity (Wildman–Crippen MR) is 92.7 cm³/mol. The minimum atomic E-state index is -0.602. The van der Waals surface area contributed by atoms with Gasteiger partial charge in [-0.3, -0.25) is 4.79 Å². The Morgan fingerprint density at radius 1 is 1.17 bits per heavy atom. The van der Waals surface area contributed by atoms with Crippen molar-refractivity contribution in [3.05, 3.63) is 64.9 Å². The number of hydrogen-bond donors (Lipinski definition) is 1. The predicted octanol–water partition coefficient (Wildman–Crippen LogP) is 4.13. The van der Waals surface area contributed by atoms with Gasteiger partial charge in [-0.25, -0.2) is 4.39 Å². The fourth-order valence-corrected chi connectivity index (χ4v) is 2.63. The van der Waals surface area contributed by atoms with Gasteiger partial charge in [0.2, 0.25) is 0 Å². The summed E-state index contributed by atoms with van der Waals surface area (Å²) in [6, 6.07) is 14.3. The van der Waals surface area contributed by atoms with Gasteiger partial charge in [-0.15, -0.1) is 0 Å². The molecule has 2 aromatic carbocycles. The number of carbonyl (C=O) groups is 1. The third kappa shape index (κ3) is 4.70. The maximum Gasteiger partial charge on any atom is 0.255 e. The summed E-state index contributed by atoms with van der Waals surface area (Å²) in [6.07, 6.45) is 0.764. The van der Waals surface area contributed by atoms with Crippen molar-refractivity contribution >= 4 is 23.2 Å². The van der Waals surface area contributed by atoms with Crippen LogP contribution in [0.2, 0.25) is 5.02 Å². The van der Waals surface area contributed by atoms with Crippen LogP contribution in [0.4, 0.5) is 10.1 Å². The third-order valence-electron chi connectivity index (χ3n) is 3.58. The lowest BCUT2D eigenvalue weighted by Gasteiger charge is -2.23. The molecule has 0 spiro atoms. The molecule has 0 unspecified atom stereocenters. The Morgan fingerprint density at radius 3 is 2.57 bits per heavy atom. The lowest BCUT2D eigenvalue weighted by atomic mass is 10.2. The monoisotopic (exact) mass is 334 g/mol. The zero-order valence-corrected chi connectivity index (χ0v) is 13.8. The van der Waals surface area contributed by atoms with E-state index in [9.17, 15) is 9.18 Å². The Kier molecular flexibility index (Phi) is 6.41. The topological polar surface area (TPSA) is 32.3 Å². The minimum Gasteiger partial charge on any atom is -0.372 e. The van der Waals surface area contributed by atoms with Crippen LogP contribution in [0, 0.1) is 5.82 Å². The number of benzene rings is 2. The van der Waals surface area contributed by atoms with Crippen molar-refractivity contribution in [2.45, 2.75) is 13.3 Å². The van der Waals surface area contributed by atoms with Gasteiger partial charge >= 0.3 is 0 Å². The largest absolute Gasteiger partial charge is 0.372 e. The Hall–Kier alpha value is -2.07. The van der Waals surface area contributed by atoms with Crippen LogP contribution in [0.5, 0.6) is 0 Å². The number of amides is 1. The number of anilines is 1. The van der Waals surface area contributed by atoms with Crippen molar-refractivity contribution in [3.63, 3.8) is 0 Å². The molecule has 0 radical (unpaired) electrons. The van der Waals surface area contributed by atoms with Crippen LogP contribution in [0.15, 0.2) is 48.5 Å². The van der Waals surface area contributed by atoms with E-state index in [2.05, 4.69) is 29.3 Å². The van der Waals surface area contributed by atoms with Crippen LogP contribution in [0.25, 0.3) is 0 Å². The molecular weight excluding hydrogens is 315 g/mol. The van der Waals surface area contributed by atoms with E-state index in [0.717, 1.165) is 25.2 Å². The van der Waals surface area contributed by atoms with E-state index in [1.54, 1.807) is 0 Å². The number of carbonyl (C=O) groups excluding carboxylic acids is 1. The van der Waals surface area contributed by atoms with E-state index in [-0.39, 0.29) is 10.6 Å². The van der Waals surface area contributed by atoms with Crippen LogP contribution in [-0.4, -0.2) is 25.5 Å². The number of rotatable bonds is 7. The zero-order valence-electron chi connectivity index (χ0n) is 13.1. The van der Waals surface area contributed by atoms with Gasteiger partial charge in [0.15, 0.2) is 0 Å². The van der Waals surface area contributed by atoms with Crippen LogP contribution >= 0.6 is 11.6 Å². The fourth-order valence-electron chi connectivity index (χ4n) is 2.38. The molecule has 23 heavy (non-hydrogen) atoms. The molecule has 1 amide bonds. The van der Waals surface area contributed by atoms with E-state index in [1.165, 1.54) is 18.2 Å². The van der Waals surface area contributed by atoms with Gasteiger partial charge in [-0.2, -0.15) is 0 Å². The number of halogens is 2. The van der Waals surface area contributed by atoms with Crippen molar-refractivity contribution in [3.8, 4) is 0 Å². The minimum absolute atomic E-state index is 0.0930. The molecule has 122 valence electrons. The Morgan fingerprint density at radius 2 is 1.91 bits per heavy atom. The number of nitrogens with zero attached hydrogens (tertiary/aromatic N) is 1. The summed E-state index contributed by atoms with van der Waals surface area (Å²) in [4.78, 5) is 14.2. The van der Waals surface area contributed by atoms with E-state index < -0.39 is 11.7 Å². The molecular formula is C18H20ClFN2O. The van der Waals surface area contributed by atoms with E-state index >= 15 is 0 Å². The molecule has 0 saturated carbocycles. The molecule has 1 N–H and O–H groups in total. The first-order chi connectivity index (χ1) is 11.1. The Balaban J connectivity index is 1.84. The van der Waals surface area contributed by atoms with E-state index in [0.29, 0.717) is 6.54 Å². The summed E-state index contributed by atoms with van der Waals surface area (Å²) < 4.78 is 13.7. The number of nitrogens with one attached hydrogen (secondary N) is 1. The van der Waals surface area contributed by atoms with Gasteiger partial charge < -0.3 is 10.2 Å². The Bertz CT molecular complexity index is 628. The van der Waals surface area contributed by atoms with E-state index in [1.807, 2.05) is 18.2 Å². The molecule has 0 aliphatic carbocycles. The second kappa shape index (κ2) is 8.53. The molecule has 3 nitrogen and oxygen atoms in total. The SMILES string of the molecule is CCN(CCCNC(=O)c1c(F)cccc1Cl)c1ccccc1. The van der Waals surface area contributed by atoms with Crippen molar-refractivity contribution in [2.24, 2.45) is 0 Å². The maximum atomic E-state index is 13.7. The molecule has 2 aromatic rings. The highest BCUT2D eigenvalue weighted by Gasteiger charge is 2.15. The quantitative estimate of drug-likeness (QED) is 0.772. The summed E-state index contributed by atoms with van der Waals surface area (Å²) in [5.41, 5.74) is 1.06. The summed E-state index contributed by atoms with van der Waals surface area (Å²) in [6.45, 7) is 4.25. The maximum absolute atomic E-state index is 13.7. The van der Waals surface area contributed by atoms with Gasteiger partial charge in [-0.05, 0) is 37.6 Å². The Labute approximate surface area is 141 Å². The highest BCUT2D eigenvalue weighted by Crippen LogP contribution is 2.18. The standard InChI is InChI=1S/C18H20ClFN2O/c1-2-22(14-8-4-3-5-9-14)13-7-12-21-18(23)17-15(19)10-6-11-16(17)20/h3-6,8-11H,2,7,12-13H2,1H3,(H,21,23). The first-order valence-corrected chi connectivity index (χ1v) is 8.03. The molecule has 0 bridgehead atoms. The number of para-hydroxylation sites is 1. The highest BCUT2D eigenvalue weighted by atomic mass is 35.5. The van der Waals surface area contributed by atoms with Gasteiger partial charge in [0.25, 0.3) is 5.91 Å². The zero-order chi connectivity index (χ0) is 16.7. The molecule has 0 aliphatic rings.